The number of hydrogen-bond acceptors (Lipinski definition) is 3. The average molecular weight is 286 g/mol. The van der Waals surface area contributed by atoms with Crippen molar-refractivity contribution in [3.63, 3.8) is 0 Å². The second-order valence-corrected chi connectivity index (χ2v) is 4.77. The van der Waals surface area contributed by atoms with Gasteiger partial charge in [-0.25, -0.2) is 0 Å². The van der Waals surface area contributed by atoms with Crippen molar-refractivity contribution in [1.82, 2.24) is 0 Å². The Labute approximate surface area is 123 Å². The van der Waals surface area contributed by atoms with Crippen molar-refractivity contribution in [2.24, 2.45) is 0 Å². The van der Waals surface area contributed by atoms with Gasteiger partial charge in [-0.2, -0.15) is 0 Å². The number of hydrogen-bond donors (Lipinski definition) is 1. The first-order chi connectivity index (χ1) is 10.1. The van der Waals surface area contributed by atoms with Gasteiger partial charge in [0.15, 0.2) is 11.5 Å². The van der Waals surface area contributed by atoms with Crippen LogP contribution in [0.3, 0.4) is 0 Å². The highest BCUT2D eigenvalue weighted by molar-refractivity contribution is 5.76. The zero-order chi connectivity index (χ0) is 15.2. The van der Waals surface area contributed by atoms with Crippen LogP contribution in [0.2, 0.25) is 0 Å². The largest absolute Gasteiger partial charge is 0.493 e. The first-order valence-electron chi connectivity index (χ1n) is 6.67. The molecule has 0 fully saturated rings. The number of ether oxygens (including phenoxy) is 2. The van der Waals surface area contributed by atoms with Crippen molar-refractivity contribution >= 4 is 5.97 Å². The van der Waals surface area contributed by atoms with Gasteiger partial charge < -0.3 is 14.6 Å². The summed E-state index contributed by atoms with van der Waals surface area (Å²) in [6.45, 7) is 1.99. The number of carboxylic acids is 1. The third-order valence-electron chi connectivity index (χ3n) is 3.22. The van der Waals surface area contributed by atoms with Gasteiger partial charge in [0.05, 0.1) is 7.11 Å². The van der Waals surface area contributed by atoms with E-state index in [1.54, 1.807) is 25.3 Å². The van der Waals surface area contributed by atoms with Gasteiger partial charge >= 0.3 is 5.97 Å². The van der Waals surface area contributed by atoms with Crippen LogP contribution in [0.5, 0.6) is 11.5 Å². The summed E-state index contributed by atoms with van der Waals surface area (Å²) < 4.78 is 10.8. The molecule has 0 heterocycles. The molecule has 4 nitrogen and oxygen atoms in total. The highest BCUT2D eigenvalue weighted by Crippen LogP contribution is 2.27. The Bertz CT molecular complexity index is 622. The number of aryl methyl sites for hydroxylation is 1. The lowest BCUT2D eigenvalue weighted by Crippen LogP contribution is -2.19. The SMILES string of the molecule is COc1ccccc1OCC(C(=O)O)c1cccc(C)c1. The summed E-state index contributed by atoms with van der Waals surface area (Å²) in [7, 11) is 1.55. The summed E-state index contributed by atoms with van der Waals surface area (Å²) in [6, 6.07) is 14.6. The van der Waals surface area contributed by atoms with Crippen LogP contribution >= 0.6 is 0 Å². The zero-order valence-electron chi connectivity index (χ0n) is 12.1. The minimum Gasteiger partial charge on any atom is -0.493 e. The lowest BCUT2D eigenvalue weighted by Gasteiger charge is -2.16. The summed E-state index contributed by atoms with van der Waals surface area (Å²) in [6.07, 6.45) is 0. The van der Waals surface area contributed by atoms with E-state index in [0.29, 0.717) is 11.5 Å². The maximum absolute atomic E-state index is 11.5. The van der Waals surface area contributed by atoms with Gasteiger partial charge in [0.25, 0.3) is 0 Å². The van der Waals surface area contributed by atoms with E-state index in [1.807, 2.05) is 37.3 Å². The molecule has 1 N–H and O–H groups in total. The predicted octanol–water partition coefficient (Wildman–Crippen LogP) is 3.25. The Morgan fingerprint density at radius 1 is 1.14 bits per heavy atom. The predicted molar refractivity (Wildman–Crippen MR) is 80.0 cm³/mol. The van der Waals surface area contributed by atoms with E-state index in [-0.39, 0.29) is 6.61 Å². The van der Waals surface area contributed by atoms with E-state index >= 15 is 0 Å². The molecule has 2 aromatic carbocycles. The van der Waals surface area contributed by atoms with Crippen LogP contribution in [-0.2, 0) is 4.79 Å². The molecule has 0 saturated carbocycles. The maximum Gasteiger partial charge on any atom is 0.314 e. The Balaban J connectivity index is 2.16. The fraction of sp³-hybridized carbons (Fsp3) is 0.235. The molecule has 0 saturated heterocycles. The number of benzene rings is 2. The lowest BCUT2D eigenvalue weighted by atomic mass is 9.98. The van der Waals surface area contributed by atoms with Crippen molar-refractivity contribution in [1.29, 1.82) is 0 Å². The Morgan fingerprint density at radius 3 is 2.48 bits per heavy atom. The standard InChI is InChI=1S/C17H18O4/c1-12-6-5-7-13(10-12)14(17(18)19)11-21-16-9-4-3-8-15(16)20-2/h3-10,14H,11H2,1-2H3,(H,18,19). The summed E-state index contributed by atoms with van der Waals surface area (Å²) in [5.74, 6) is -0.491. The quantitative estimate of drug-likeness (QED) is 0.885. The highest BCUT2D eigenvalue weighted by Gasteiger charge is 2.21. The van der Waals surface area contributed by atoms with Crippen LogP contribution < -0.4 is 9.47 Å². The van der Waals surface area contributed by atoms with Crippen molar-refractivity contribution in [2.75, 3.05) is 13.7 Å². The molecule has 0 aliphatic heterocycles. The molecule has 0 amide bonds. The number of aliphatic carboxylic acids is 1. The first-order valence-corrected chi connectivity index (χ1v) is 6.67. The van der Waals surface area contributed by atoms with Crippen LogP contribution in [0.15, 0.2) is 48.5 Å². The minimum absolute atomic E-state index is 0.0547. The molecule has 4 heteroatoms. The molecule has 0 spiro atoms. The minimum atomic E-state index is -0.907. The molecule has 110 valence electrons. The van der Waals surface area contributed by atoms with Crippen LogP contribution in [-0.4, -0.2) is 24.8 Å². The first kappa shape index (κ1) is 14.9. The number of rotatable bonds is 6. The normalized spacial score (nSPS) is 11.7. The molecule has 0 radical (unpaired) electrons. The van der Waals surface area contributed by atoms with Gasteiger partial charge in [-0.1, -0.05) is 42.0 Å². The number of carboxylic acid groups (broad SMARTS) is 1. The van der Waals surface area contributed by atoms with E-state index in [2.05, 4.69) is 0 Å². The van der Waals surface area contributed by atoms with Crippen molar-refractivity contribution < 1.29 is 19.4 Å². The number of methoxy groups -OCH3 is 1. The summed E-state index contributed by atoms with van der Waals surface area (Å²) >= 11 is 0. The van der Waals surface area contributed by atoms with Crippen molar-refractivity contribution in [3.05, 3.63) is 59.7 Å². The van der Waals surface area contributed by atoms with Crippen LogP contribution in [0.1, 0.15) is 17.0 Å². The molecule has 1 unspecified atom stereocenters. The van der Waals surface area contributed by atoms with E-state index in [9.17, 15) is 9.90 Å². The second-order valence-electron chi connectivity index (χ2n) is 4.77. The van der Waals surface area contributed by atoms with E-state index in [0.717, 1.165) is 11.1 Å². The third-order valence-corrected chi connectivity index (χ3v) is 3.22. The average Bonchev–Trinajstić information content (AvgIpc) is 2.47. The molecule has 0 aromatic heterocycles. The van der Waals surface area contributed by atoms with Gasteiger partial charge in [-0.15, -0.1) is 0 Å². The molecule has 0 aliphatic carbocycles. The molecule has 1 atom stereocenters. The lowest BCUT2D eigenvalue weighted by molar-refractivity contribution is -0.139. The van der Waals surface area contributed by atoms with Gasteiger partial charge in [0.1, 0.15) is 12.5 Å². The van der Waals surface area contributed by atoms with Gasteiger partial charge in [0.2, 0.25) is 0 Å². The summed E-state index contributed by atoms with van der Waals surface area (Å²) in [5.41, 5.74) is 1.76. The fourth-order valence-electron chi connectivity index (χ4n) is 2.11. The van der Waals surface area contributed by atoms with Gasteiger partial charge in [-0.05, 0) is 24.6 Å². The van der Waals surface area contributed by atoms with Crippen molar-refractivity contribution in [3.8, 4) is 11.5 Å². The second kappa shape index (κ2) is 6.79. The smallest absolute Gasteiger partial charge is 0.314 e. The highest BCUT2D eigenvalue weighted by atomic mass is 16.5. The van der Waals surface area contributed by atoms with Crippen LogP contribution in [0, 0.1) is 6.92 Å². The van der Waals surface area contributed by atoms with E-state index in [4.69, 9.17) is 9.47 Å². The van der Waals surface area contributed by atoms with Crippen molar-refractivity contribution in [2.45, 2.75) is 12.8 Å². The Hall–Kier alpha value is -2.49. The number of para-hydroxylation sites is 2. The van der Waals surface area contributed by atoms with Gasteiger partial charge in [0, 0.05) is 0 Å². The molecule has 2 aromatic rings. The summed E-state index contributed by atoms with van der Waals surface area (Å²) in [5, 5.41) is 9.41. The molecule has 0 aliphatic rings. The van der Waals surface area contributed by atoms with E-state index < -0.39 is 11.9 Å². The Kier molecular flexibility index (Phi) is 4.82. The zero-order valence-corrected chi connectivity index (χ0v) is 12.1. The van der Waals surface area contributed by atoms with Crippen LogP contribution in [0.4, 0.5) is 0 Å². The summed E-state index contributed by atoms with van der Waals surface area (Å²) in [4.78, 5) is 11.5. The fourth-order valence-corrected chi connectivity index (χ4v) is 2.11. The maximum atomic E-state index is 11.5. The third kappa shape index (κ3) is 3.75. The molecular formula is C17H18O4. The molecular weight excluding hydrogens is 268 g/mol. The Morgan fingerprint density at radius 2 is 1.86 bits per heavy atom. The van der Waals surface area contributed by atoms with Crippen LogP contribution in [0.25, 0.3) is 0 Å². The van der Waals surface area contributed by atoms with E-state index in [1.165, 1.54) is 0 Å². The molecule has 2 rings (SSSR count). The topological polar surface area (TPSA) is 55.8 Å². The molecule has 21 heavy (non-hydrogen) atoms. The number of carbonyl (C=O) groups is 1. The monoisotopic (exact) mass is 286 g/mol. The van der Waals surface area contributed by atoms with Gasteiger partial charge in [-0.3, -0.25) is 4.79 Å². The molecule has 0 bridgehead atoms.